The summed E-state index contributed by atoms with van der Waals surface area (Å²) in [5.74, 6) is 0.722. The van der Waals surface area contributed by atoms with Gasteiger partial charge in [0.25, 0.3) is 0 Å². The Labute approximate surface area is 124 Å². The van der Waals surface area contributed by atoms with Crippen LogP contribution in [0.15, 0.2) is 12.4 Å². The van der Waals surface area contributed by atoms with Crippen molar-refractivity contribution in [1.29, 1.82) is 0 Å². The first-order valence-electron chi connectivity index (χ1n) is 6.86. The second-order valence-corrected chi connectivity index (χ2v) is 5.21. The van der Waals surface area contributed by atoms with Gasteiger partial charge in [0.1, 0.15) is 6.33 Å². The number of hydrogen-bond acceptors (Lipinski definition) is 5. The largest absolute Gasteiger partial charge is 0.435 e. The fourth-order valence-corrected chi connectivity index (χ4v) is 2.49. The van der Waals surface area contributed by atoms with Crippen LogP contribution in [0.1, 0.15) is 11.4 Å². The van der Waals surface area contributed by atoms with E-state index in [1.54, 1.807) is 0 Å². The van der Waals surface area contributed by atoms with Crippen LogP contribution in [0.4, 0.5) is 19.1 Å². The first kappa shape index (κ1) is 14.8. The van der Waals surface area contributed by atoms with Gasteiger partial charge in [0.2, 0.25) is 5.95 Å². The van der Waals surface area contributed by atoms with Crippen LogP contribution in [0.2, 0.25) is 0 Å². The highest BCUT2D eigenvalue weighted by molar-refractivity contribution is 5.28. The number of H-pyrrole nitrogens is 1. The number of alkyl halides is 3. The molecule has 7 nitrogen and oxygen atoms in total. The lowest BCUT2D eigenvalue weighted by Gasteiger charge is -2.34. The number of nitrogens with one attached hydrogen (secondary N) is 1. The van der Waals surface area contributed by atoms with E-state index in [9.17, 15) is 13.2 Å². The molecule has 0 amide bonds. The molecule has 0 aromatic carbocycles. The number of aromatic amines is 1. The highest BCUT2D eigenvalue weighted by atomic mass is 19.4. The van der Waals surface area contributed by atoms with Crippen LogP contribution < -0.4 is 4.90 Å². The summed E-state index contributed by atoms with van der Waals surface area (Å²) in [5, 5.41) is 10.2. The summed E-state index contributed by atoms with van der Waals surface area (Å²) >= 11 is 0. The number of anilines is 1. The third-order valence-corrected chi connectivity index (χ3v) is 3.73. The maximum absolute atomic E-state index is 12.7. The lowest BCUT2D eigenvalue weighted by molar-refractivity contribution is -0.141. The van der Waals surface area contributed by atoms with Crippen molar-refractivity contribution in [1.82, 2.24) is 29.9 Å². The molecule has 0 atom stereocenters. The van der Waals surface area contributed by atoms with E-state index in [-0.39, 0.29) is 0 Å². The van der Waals surface area contributed by atoms with Crippen LogP contribution in [-0.4, -0.2) is 56.0 Å². The molecular formula is C12H16F3N7. The Bertz CT molecular complexity index is 611. The lowest BCUT2D eigenvalue weighted by Crippen LogP contribution is -2.46. The Morgan fingerprint density at radius 2 is 1.95 bits per heavy atom. The molecule has 1 aliphatic rings. The number of aromatic nitrogens is 5. The van der Waals surface area contributed by atoms with Gasteiger partial charge in [-0.1, -0.05) is 0 Å². The molecule has 0 spiro atoms. The van der Waals surface area contributed by atoms with Crippen LogP contribution in [-0.2, 0) is 19.8 Å². The van der Waals surface area contributed by atoms with Crippen LogP contribution in [0.25, 0.3) is 0 Å². The van der Waals surface area contributed by atoms with Crippen molar-refractivity contribution in [3.63, 3.8) is 0 Å². The molecule has 0 aliphatic carbocycles. The molecule has 3 rings (SSSR count). The highest BCUT2D eigenvalue weighted by Crippen LogP contribution is 2.28. The summed E-state index contributed by atoms with van der Waals surface area (Å²) < 4.78 is 39.3. The van der Waals surface area contributed by atoms with Crippen molar-refractivity contribution in [3.05, 3.63) is 23.8 Å². The zero-order chi connectivity index (χ0) is 15.7. The van der Waals surface area contributed by atoms with E-state index in [0.29, 0.717) is 12.2 Å². The maximum atomic E-state index is 12.7. The Balaban J connectivity index is 1.60. The van der Waals surface area contributed by atoms with Gasteiger partial charge < -0.3 is 4.90 Å². The molecule has 2 aromatic heterocycles. The van der Waals surface area contributed by atoms with Crippen molar-refractivity contribution in [3.8, 4) is 0 Å². The maximum Gasteiger partial charge on any atom is 0.435 e. The monoisotopic (exact) mass is 315 g/mol. The zero-order valence-electron chi connectivity index (χ0n) is 12.0. The Hall–Kier alpha value is -2.10. The van der Waals surface area contributed by atoms with E-state index in [0.717, 1.165) is 38.2 Å². The van der Waals surface area contributed by atoms with E-state index in [4.69, 9.17) is 0 Å². The molecule has 1 fully saturated rings. The van der Waals surface area contributed by atoms with Gasteiger partial charge in [-0.2, -0.15) is 28.4 Å². The molecule has 22 heavy (non-hydrogen) atoms. The van der Waals surface area contributed by atoms with Crippen LogP contribution in [0, 0.1) is 0 Å². The molecule has 0 radical (unpaired) electrons. The summed E-state index contributed by atoms with van der Waals surface area (Å²) in [6.07, 6.45) is -2.95. The van der Waals surface area contributed by atoms with Gasteiger partial charge in [0.15, 0.2) is 5.69 Å². The van der Waals surface area contributed by atoms with Crippen LogP contribution in [0.3, 0.4) is 0 Å². The quantitative estimate of drug-likeness (QED) is 0.911. The van der Waals surface area contributed by atoms with Crippen molar-refractivity contribution in [2.75, 3.05) is 31.1 Å². The minimum Gasteiger partial charge on any atom is -0.339 e. The molecule has 0 saturated carbocycles. The molecule has 10 heteroatoms. The molecular weight excluding hydrogens is 299 g/mol. The average Bonchev–Trinajstić information content (AvgIpc) is 3.10. The predicted octanol–water partition coefficient (Wildman–Crippen LogP) is 0.879. The van der Waals surface area contributed by atoms with Gasteiger partial charge in [0.05, 0.1) is 5.69 Å². The number of nitrogens with zero attached hydrogens (tertiary/aromatic N) is 6. The van der Waals surface area contributed by atoms with E-state index < -0.39 is 11.9 Å². The van der Waals surface area contributed by atoms with Crippen LogP contribution >= 0.6 is 0 Å². The Morgan fingerprint density at radius 1 is 1.23 bits per heavy atom. The Morgan fingerprint density at radius 3 is 2.50 bits per heavy atom. The van der Waals surface area contributed by atoms with Gasteiger partial charge in [-0.25, -0.2) is 5.10 Å². The number of aryl methyl sites for hydroxylation is 1. The van der Waals surface area contributed by atoms with Crippen molar-refractivity contribution >= 4 is 5.95 Å². The molecule has 3 heterocycles. The second-order valence-electron chi connectivity index (χ2n) is 5.21. The van der Waals surface area contributed by atoms with Gasteiger partial charge in [0, 0.05) is 39.8 Å². The topological polar surface area (TPSA) is 65.9 Å². The first-order chi connectivity index (χ1) is 10.4. The van der Waals surface area contributed by atoms with E-state index in [1.807, 2.05) is 0 Å². The third-order valence-electron chi connectivity index (χ3n) is 3.73. The summed E-state index contributed by atoms with van der Waals surface area (Å²) in [7, 11) is 1.54. The predicted molar refractivity (Wildman–Crippen MR) is 72.1 cm³/mol. The number of piperazine rings is 1. The average molecular weight is 315 g/mol. The van der Waals surface area contributed by atoms with E-state index in [1.165, 1.54) is 18.1 Å². The smallest absolute Gasteiger partial charge is 0.339 e. The molecule has 0 unspecified atom stereocenters. The first-order valence-corrected chi connectivity index (χ1v) is 6.86. The van der Waals surface area contributed by atoms with Crippen molar-refractivity contribution < 1.29 is 13.2 Å². The van der Waals surface area contributed by atoms with Crippen molar-refractivity contribution in [2.24, 2.45) is 7.05 Å². The fourth-order valence-electron chi connectivity index (χ4n) is 2.49. The van der Waals surface area contributed by atoms with Crippen LogP contribution in [0.5, 0.6) is 0 Å². The SMILES string of the molecule is Cn1nc(C(F)(F)F)cc1CN1CCN(c2ncn[nH]2)CC1. The van der Waals surface area contributed by atoms with Gasteiger partial charge in [-0.05, 0) is 6.07 Å². The third kappa shape index (κ3) is 3.06. The second kappa shape index (κ2) is 5.59. The molecule has 1 saturated heterocycles. The number of rotatable bonds is 3. The standard InChI is InChI=1S/C12H16F3N7/c1-20-9(6-10(19-20)12(13,14)15)7-21-2-4-22(5-3-21)11-16-8-17-18-11/h6,8H,2-5,7H2,1H3,(H,16,17,18). The lowest BCUT2D eigenvalue weighted by atomic mass is 10.2. The molecule has 1 aliphatic heterocycles. The number of halogens is 3. The van der Waals surface area contributed by atoms with E-state index in [2.05, 4.69) is 30.1 Å². The summed E-state index contributed by atoms with van der Waals surface area (Å²) in [4.78, 5) is 8.26. The normalized spacial score (nSPS) is 17.2. The van der Waals surface area contributed by atoms with Gasteiger partial charge >= 0.3 is 6.18 Å². The van der Waals surface area contributed by atoms with Gasteiger partial charge in [-0.15, -0.1) is 0 Å². The fraction of sp³-hybridized carbons (Fsp3) is 0.583. The van der Waals surface area contributed by atoms with E-state index >= 15 is 0 Å². The number of hydrogen-bond donors (Lipinski definition) is 1. The summed E-state index contributed by atoms with van der Waals surface area (Å²) in [5.41, 5.74) is -0.286. The minimum atomic E-state index is -4.40. The molecule has 1 N–H and O–H groups in total. The summed E-state index contributed by atoms with van der Waals surface area (Å²) in [6.45, 7) is 3.43. The van der Waals surface area contributed by atoms with Gasteiger partial charge in [-0.3, -0.25) is 9.58 Å². The highest BCUT2D eigenvalue weighted by Gasteiger charge is 2.34. The zero-order valence-corrected chi connectivity index (χ0v) is 12.0. The molecule has 2 aromatic rings. The Kier molecular flexibility index (Phi) is 3.77. The summed E-state index contributed by atoms with van der Waals surface area (Å²) in [6, 6.07) is 1.11. The molecule has 0 bridgehead atoms. The minimum absolute atomic E-state index is 0.448. The van der Waals surface area contributed by atoms with Crippen molar-refractivity contribution in [2.45, 2.75) is 12.7 Å². The molecule has 120 valence electrons.